The number of nitrogens with zero attached hydrogens (tertiary/aromatic N) is 2. The molecule has 0 radical (unpaired) electrons. The van der Waals surface area contributed by atoms with E-state index in [4.69, 9.17) is 21.4 Å². The number of rotatable bonds is 8. The van der Waals surface area contributed by atoms with E-state index in [-0.39, 0.29) is 24.3 Å². The number of carbonyl (C=O) groups excluding carboxylic acids is 1. The quantitative estimate of drug-likeness (QED) is 0.283. The molecule has 1 fully saturated rings. The molecule has 0 unspecified atom stereocenters. The predicted octanol–water partition coefficient (Wildman–Crippen LogP) is 6.18. The van der Waals surface area contributed by atoms with Crippen molar-refractivity contribution >= 4 is 34.4 Å². The van der Waals surface area contributed by atoms with E-state index in [1.165, 1.54) is 0 Å². The van der Waals surface area contributed by atoms with Gasteiger partial charge in [-0.25, -0.2) is 0 Å². The standard InChI is InChI=1S/C30H30ClN3O4/c1-38-29-25-17-32-34(18-20-7-11-22(12-8-20)21-5-3-2-4-6-21)28(25)24(16-26(29)31)30(37)33-23-13-9-19(10-14-23)15-27(35)36/h2-8,11-12,16-17,19,23H,9-10,13-15,18H2,1H3,(H,33,37)(H,35,36). The third-order valence-electron chi connectivity index (χ3n) is 7.31. The lowest BCUT2D eigenvalue weighted by atomic mass is 9.84. The van der Waals surface area contributed by atoms with Crippen molar-refractivity contribution in [2.24, 2.45) is 5.92 Å². The van der Waals surface area contributed by atoms with Gasteiger partial charge in [-0.3, -0.25) is 14.3 Å². The maximum absolute atomic E-state index is 13.5. The lowest BCUT2D eigenvalue weighted by molar-refractivity contribution is -0.138. The Morgan fingerprint density at radius 3 is 2.39 bits per heavy atom. The van der Waals surface area contributed by atoms with E-state index < -0.39 is 5.97 Å². The Kier molecular flexibility index (Phi) is 7.65. The van der Waals surface area contributed by atoms with Gasteiger partial charge in [0, 0.05) is 12.5 Å². The molecule has 7 nitrogen and oxygen atoms in total. The van der Waals surface area contributed by atoms with Gasteiger partial charge in [-0.15, -0.1) is 0 Å². The topological polar surface area (TPSA) is 93.4 Å². The van der Waals surface area contributed by atoms with Crippen molar-refractivity contribution in [2.45, 2.75) is 44.7 Å². The van der Waals surface area contributed by atoms with Crippen LogP contribution in [0, 0.1) is 5.92 Å². The summed E-state index contributed by atoms with van der Waals surface area (Å²) in [4.78, 5) is 24.5. The first-order chi connectivity index (χ1) is 18.4. The molecule has 8 heteroatoms. The number of ether oxygens (including phenoxy) is 1. The third kappa shape index (κ3) is 5.53. The number of aromatic nitrogens is 2. The summed E-state index contributed by atoms with van der Waals surface area (Å²) in [5.74, 6) is -0.339. The van der Waals surface area contributed by atoms with Crippen LogP contribution >= 0.6 is 11.6 Å². The van der Waals surface area contributed by atoms with Gasteiger partial charge in [-0.05, 0) is 54.4 Å². The highest BCUT2D eigenvalue weighted by Gasteiger charge is 2.26. The number of hydrogen-bond acceptors (Lipinski definition) is 4. The Balaban J connectivity index is 1.40. The fourth-order valence-electron chi connectivity index (χ4n) is 5.35. The van der Waals surface area contributed by atoms with Crippen molar-refractivity contribution in [3.05, 3.63) is 83.0 Å². The minimum Gasteiger partial charge on any atom is -0.494 e. The van der Waals surface area contributed by atoms with Crippen LogP contribution in [-0.2, 0) is 11.3 Å². The van der Waals surface area contributed by atoms with E-state index in [1.54, 1.807) is 19.4 Å². The average Bonchev–Trinajstić information content (AvgIpc) is 3.33. The molecule has 2 N–H and O–H groups in total. The van der Waals surface area contributed by atoms with Gasteiger partial charge in [0.1, 0.15) is 5.75 Å². The zero-order valence-electron chi connectivity index (χ0n) is 21.2. The van der Waals surface area contributed by atoms with Crippen LogP contribution in [0.15, 0.2) is 66.9 Å². The van der Waals surface area contributed by atoms with Gasteiger partial charge in [-0.2, -0.15) is 5.10 Å². The monoisotopic (exact) mass is 531 g/mol. The molecule has 1 aromatic heterocycles. The number of carboxylic acids is 1. The highest BCUT2D eigenvalue weighted by molar-refractivity contribution is 6.34. The van der Waals surface area contributed by atoms with Crippen molar-refractivity contribution in [3.8, 4) is 16.9 Å². The van der Waals surface area contributed by atoms with Crippen molar-refractivity contribution in [1.82, 2.24) is 15.1 Å². The maximum atomic E-state index is 13.5. The molecule has 196 valence electrons. The fraction of sp³-hybridized carbons (Fsp3) is 0.300. The van der Waals surface area contributed by atoms with E-state index in [9.17, 15) is 9.59 Å². The van der Waals surface area contributed by atoms with Gasteiger partial charge in [0.15, 0.2) is 0 Å². The van der Waals surface area contributed by atoms with Crippen LogP contribution in [0.2, 0.25) is 5.02 Å². The maximum Gasteiger partial charge on any atom is 0.303 e. The molecule has 1 heterocycles. The van der Waals surface area contributed by atoms with Crippen LogP contribution in [0.1, 0.15) is 48.0 Å². The largest absolute Gasteiger partial charge is 0.494 e. The summed E-state index contributed by atoms with van der Waals surface area (Å²) in [5.41, 5.74) is 4.43. The summed E-state index contributed by atoms with van der Waals surface area (Å²) < 4.78 is 7.36. The van der Waals surface area contributed by atoms with Crippen LogP contribution in [0.5, 0.6) is 5.75 Å². The van der Waals surface area contributed by atoms with Crippen LogP contribution in [-0.4, -0.2) is 39.9 Å². The second-order valence-electron chi connectivity index (χ2n) is 9.86. The van der Waals surface area contributed by atoms with Crippen molar-refractivity contribution < 1.29 is 19.4 Å². The number of amides is 1. The van der Waals surface area contributed by atoms with Crippen LogP contribution in [0.3, 0.4) is 0 Å². The molecule has 3 aromatic carbocycles. The first-order valence-electron chi connectivity index (χ1n) is 12.8. The Bertz CT molecular complexity index is 1440. The third-order valence-corrected chi connectivity index (χ3v) is 7.60. The molecule has 38 heavy (non-hydrogen) atoms. The van der Waals surface area contributed by atoms with Gasteiger partial charge < -0.3 is 15.2 Å². The highest BCUT2D eigenvalue weighted by Crippen LogP contribution is 2.36. The minimum absolute atomic E-state index is 0.00891. The Labute approximate surface area is 226 Å². The number of nitrogens with one attached hydrogen (secondary N) is 1. The molecule has 4 aromatic rings. The number of aliphatic carboxylic acids is 1. The summed E-state index contributed by atoms with van der Waals surface area (Å²) in [6.45, 7) is 0.476. The number of hydrogen-bond donors (Lipinski definition) is 2. The fourth-order valence-corrected chi connectivity index (χ4v) is 5.64. The summed E-state index contributed by atoms with van der Waals surface area (Å²) in [7, 11) is 1.55. The number of benzene rings is 3. The normalized spacial score (nSPS) is 17.3. The van der Waals surface area contributed by atoms with Crippen molar-refractivity contribution in [2.75, 3.05) is 7.11 Å². The molecule has 1 aliphatic carbocycles. The molecule has 1 saturated carbocycles. The van der Waals surface area contributed by atoms with Gasteiger partial charge in [0.05, 0.1) is 41.3 Å². The van der Waals surface area contributed by atoms with Gasteiger partial charge in [0.25, 0.3) is 5.91 Å². The van der Waals surface area contributed by atoms with Crippen LogP contribution in [0.25, 0.3) is 22.0 Å². The summed E-state index contributed by atoms with van der Waals surface area (Å²) in [6, 6.07) is 20.1. The summed E-state index contributed by atoms with van der Waals surface area (Å²) >= 11 is 6.51. The van der Waals surface area contributed by atoms with Gasteiger partial charge >= 0.3 is 5.97 Å². The number of methoxy groups -OCH3 is 1. The van der Waals surface area contributed by atoms with Crippen molar-refractivity contribution in [3.63, 3.8) is 0 Å². The zero-order valence-corrected chi connectivity index (χ0v) is 21.9. The summed E-state index contributed by atoms with van der Waals surface area (Å²) in [5, 5.41) is 17.8. The predicted molar refractivity (Wildman–Crippen MR) is 148 cm³/mol. The Morgan fingerprint density at radius 1 is 1.05 bits per heavy atom. The van der Waals surface area contributed by atoms with E-state index in [0.29, 0.717) is 33.8 Å². The highest BCUT2D eigenvalue weighted by atomic mass is 35.5. The Hall–Kier alpha value is -3.84. The second kappa shape index (κ2) is 11.3. The smallest absolute Gasteiger partial charge is 0.303 e. The Morgan fingerprint density at radius 2 is 1.74 bits per heavy atom. The second-order valence-corrected chi connectivity index (χ2v) is 10.3. The SMILES string of the molecule is COc1c(Cl)cc(C(=O)NC2CCC(CC(=O)O)CC2)c2c1cnn2Cc1ccc(-c2ccccc2)cc1. The minimum atomic E-state index is -0.768. The first kappa shape index (κ1) is 25.8. The van der Waals surface area contributed by atoms with Gasteiger partial charge in [-0.1, -0.05) is 66.2 Å². The zero-order chi connectivity index (χ0) is 26.6. The molecule has 5 rings (SSSR count). The molecule has 0 atom stereocenters. The number of fused-ring (bicyclic) bond motifs is 1. The van der Waals surface area contributed by atoms with Crippen LogP contribution in [0.4, 0.5) is 0 Å². The van der Waals surface area contributed by atoms with E-state index in [0.717, 1.165) is 42.4 Å². The summed E-state index contributed by atoms with van der Waals surface area (Å²) in [6.07, 6.45) is 4.94. The van der Waals surface area contributed by atoms with E-state index >= 15 is 0 Å². The molecule has 1 amide bonds. The average molecular weight is 532 g/mol. The number of carbonyl (C=O) groups is 2. The molecular weight excluding hydrogens is 502 g/mol. The first-order valence-corrected chi connectivity index (χ1v) is 13.2. The molecule has 0 aliphatic heterocycles. The molecule has 1 aliphatic rings. The number of halogens is 1. The van der Waals surface area contributed by atoms with Crippen LogP contribution < -0.4 is 10.1 Å². The number of carboxylic acid groups (broad SMARTS) is 1. The van der Waals surface area contributed by atoms with E-state index in [1.807, 2.05) is 22.9 Å². The van der Waals surface area contributed by atoms with Crippen molar-refractivity contribution in [1.29, 1.82) is 0 Å². The lowest BCUT2D eigenvalue weighted by Crippen LogP contribution is -2.38. The van der Waals surface area contributed by atoms with E-state index in [2.05, 4.69) is 46.8 Å². The molecule has 0 saturated heterocycles. The molecular formula is C30H30ClN3O4. The van der Waals surface area contributed by atoms with Gasteiger partial charge in [0.2, 0.25) is 0 Å². The lowest BCUT2D eigenvalue weighted by Gasteiger charge is -2.28. The molecule has 0 spiro atoms. The molecule has 0 bridgehead atoms.